The van der Waals surface area contributed by atoms with E-state index in [1.165, 1.54) is 65.0 Å². The maximum Gasteiger partial charge on any atom is -0.00143 e. The van der Waals surface area contributed by atoms with Gasteiger partial charge in [-0.2, -0.15) is 0 Å². The van der Waals surface area contributed by atoms with Crippen LogP contribution in [0.3, 0.4) is 0 Å². The van der Waals surface area contributed by atoms with Crippen molar-refractivity contribution >= 4 is 66.0 Å². The summed E-state index contributed by atoms with van der Waals surface area (Å²) in [5.41, 5.74) is 2.43. The molecule has 158 valence electrons. The van der Waals surface area contributed by atoms with Gasteiger partial charge in [-0.25, -0.2) is 0 Å². The molecule has 0 heterocycles. The van der Waals surface area contributed by atoms with Crippen LogP contribution in [0.4, 0.5) is 0 Å². The predicted molar refractivity (Wildman–Crippen MR) is 149 cm³/mol. The molecule has 34 heavy (non-hydrogen) atoms. The maximum absolute atomic E-state index is 2.35. The Balaban J connectivity index is 1.60. The van der Waals surface area contributed by atoms with Crippen LogP contribution in [0.2, 0.25) is 0 Å². The summed E-state index contributed by atoms with van der Waals surface area (Å²) in [6.07, 6.45) is 4.40. The van der Waals surface area contributed by atoms with Crippen molar-refractivity contribution in [3.8, 4) is 0 Å². The molecule has 0 saturated carbocycles. The molecule has 0 heteroatoms. The minimum Gasteiger partial charge on any atom is -0.0622 e. The SMILES string of the molecule is C(=C\c1ccc2ccc3ccc4ccc5ccc6ccccc6c5c4c3c2c1)/c1ccccc1. The summed E-state index contributed by atoms with van der Waals surface area (Å²) in [7, 11) is 0. The Morgan fingerprint density at radius 1 is 0.324 bits per heavy atom. The van der Waals surface area contributed by atoms with E-state index in [-0.39, 0.29) is 0 Å². The normalized spacial score (nSPS) is 12.0. The summed E-state index contributed by atoms with van der Waals surface area (Å²) < 4.78 is 0. The molecule has 0 amide bonds. The average Bonchev–Trinajstić information content (AvgIpc) is 2.91. The zero-order chi connectivity index (χ0) is 22.5. The lowest BCUT2D eigenvalue weighted by Gasteiger charge is -2.13. The molecule has 0 aliphatic rings. The van der Waals surface area contributed by atoms with Crippen LogP contribution in [-0.4, -0.2) is 0 Å². The summed E-state index contributed by atoms with van der Waals surface area (Å²) in [5.74, 6) is 0. The van der Waals surface area contributed by atoms with Gasteiger partial charge in [0.05, 0.1) is 0 Å². The highest BCUT2D eigenvalue weighted by molar-refractivity contribution is 6.32. The number of fused-ring (bicyclic) bond motifs is 9. The van der Waals surface area contributed by atoms with Crippen molar-refractivity contribution in [2.75, 3.05) is 0 Å². The second-order valence-corrected chi connectivity index (χ2v) is 9.00. The van der Waals surface area contributed by atoms with E-state index in [0.717, 1.165) is 0 Å². The largest absolute Gasteiger partial charge is 0.0622 e. The molecule has 0 aromatic heterocycles. The Morgan fingerprint density at radius 3 is 1.56 bits per heavy atom. The lowest BCUT2D eigenvalue weighted by atomic mass is 9.90. The molecule has 7 aromatic rings. The molecule has 0 saturated heterocycles. The summed E-state index contributed by atoms with van der Waals surface area (Å²) in [4.78, 5) is 0. The van der Waals surface area contributed by atoms with Gasteiger partial charge < -0.3 is 0 Å². The molecule has 0 bridgehead atoms. The van der Waals surface area contributed by atoms with Crippen LogP contribution < -0.4 is 0 Å². The van der Waals surface area contributed by atoms with Crippen LogP contribution in [0.25, 0.3) is 66.0 Å². The minimum atomic E-state index is 1.21. The van der Waals surface area contributed by atoms with Crippen molar-refractivity contribution in [2.24, 2.45) is 0 Å². The van der Waals surface area contributed by atoms with Crippen LogP contribution in [0.1, 0.15) is 11.1 Å². The topological polar surface area (TPSA) is 0 Å². The second kappa shape index (κ2) is 7.57. The number of hydrogen-bond acceptors (Lipinski definition) is 0. The van der Waals surface area contributed by atoms with E-state index in [9.17, 15) is 0 Å². The molecule has 0 N–H and O–H groups in total. The first kappa shape index (κ1) is 19.1. The molecule has 0 aliphatic heterocycles. The molecular formula is C34H22. The van der Waals surface area contributed by atoms with Gasteiger partial charge in [-0.15, -0.1) is 0 Å². The monoisotopic (exact) mass is 430 g/mol. The maximum atomic E-state index is 2.35. The van der Waals surface area contributed by atoms with Crippen LogP contribution in [-0.2, 0) is 0 Å². The van der Waals surface area contributed by atoms with E-state index in [4.69, 9.17) is 0 Å². The first-order valence-electron chi connectivity index (χ1n) is 11.8. The Bertz CT molecular complexity index is 1870. The van der Waals surface area contributed by atoms with Gasteiger partial charge in [-0.05, 0) is 71.1 Å². The van der Waals surface area contributed by atoms with Gasteiger partial charge in [0.15, 0.2) is 0 Å². The van der Waals surface area contributed by atoms with E-state index in [2.05, 4.69) is 133 Å². The Morgan fingerprint density at radius 2 is 0.824 bits per heavy atom. The van der Waals surface area contributed by atoms with Crippen molar-refractivity contribution in [1.82, 2.24) is 0 Å². The second-order valence-electron chi connectivity index (χ2n) is 9.00. The summed E-state index contributed by atoms with van der Waals surface area (Å²) in [6.45, 7) is 0. The highest BCUT2D eigenvalue weighted by atomic mass is 14.1. The molecule has 7 aromatic carbocycles. The summed E-state index contributed by atoms with van der Waals surface area (Å²) >= 11 is 0. The van der Waals surface area contributed by atoms with Gasteiger partial charge in [-0.1, -0.05) is 127 Å². The van der Waals surface area contributed by atoms with Crippen molar-refractivity contribution in [1.29, 1.82) is 0 Å². The van der Waals surface area contributed by atoms with E-state index in [1.54, 1.807) is 0 Å². The summed E-state index contributed by atoms with van der Waals surface area (Å²) in [5, 5.41) is 13.1. The molecule has 0 atom stereocenters. The smallest absolute Gasteiger partial charge is 0.00143 e. The van der Waals surface area contributed by atoms with E-state index in [0.29, 0.717) is 0 Å². The van der Waals surface area contributed by atoms with Crippen LogP contribution in [0, 0.1) is 0 Å². The van der Waals surface area contributed by atoms with Gasteiger partial charge in [-0.3, -0.25) is 0 Å². The molecule has 0 unspecified atom stereocenters. The fraction of sp³-hybridized carbons (Fsp3) is 0. The third kappa shape index (κ3) is 3.00. The zero-order valence-electron chi connectivity index (χ0n) is 18.7. The fourth-order valence-electron chi connectivity index (χ4n) is 5.33. The van der Waals surface area contributed by atoms with Crippen molar-refractivity contribution in [3.05, 3.63) is 132 Å². The lowest BCUT2D eigenvalue weighted by Crippen LogP contribution is -1.86. The highest BCUT2D eigenvalue weighted by Gasteiger charge is 2.11. The average molecular weight is 431 g/mol. The highest BCUT2D eigenvalue weighted by Crippen LogP contribution is 2.39. The van der Waals surface area contributed by atoms with Gasteiger partial charge in [0, 0.05) is 0 Å². The van der Waals surface area contributed by atoms with Crippen LogP contribution >= 0.6 is 0 Å². The van der Waals surface area contributed by atoms with Gasteiger partial charge >= 0.3 is 0 Å². The molecule has 0 aliphatic carbocycles. The molecule has 0 radical (unpaired) electrons. The number of rotatable bonds is 2. The van der Waals surface area contributed by atoms with E-state index in [1.807, 2.05) is 0 Å². The fourth-order valence-corrected chi connectivity index (χ4v) is 5.33. The standard InChI is InChI=1S/C34H22/c1-2-6-23(7-3-1)10-11-24-12-13-26-15-17-28-19-21-29-20-18-27-16-14-25-8-4-5-9-30(25)32(27)34(29)33(28)31(26)22-24/h1-22H/b11-10+. The number of hydrogen-bond donors (Lipinski definition) is 0. The van der Waals surface area contributed by atoms with Crippen molar-refractivity contribution < 1.29 is 0 Å². The Hall–Kier alpha value is -4.42. The third-order valence-electron chi connectivity index (χ3n) is 6.98. The molecule has 0 fully saturated rings. The van der Waals surface area contributed by atoms with Crippen LogP contribution in [0.15, 0.2) is 121 Å². The minimum absolute atomic E-state index is 1.21. The Labute approximate surface area is 198 Å². The molecular weight excluding hydrogens is 408 g/mol. The summed E-state index contributed by atoms with van der Waals surface area (Å²) in [6, 6.07) is 44.1. The first-order chi connectivity index (χ1) is 16.8. The van der Waals surface area contributed by atoms with E-state index >= 15 is 0 Å². The van der Waals surface area contributed by atoms with Crippen LogP contribution in [0.5, 0.6) is 0 Å². The third-order valence-corrected chi connectivity index (χ3v) is 6.98. The van der Waals surface area contributed by atoms with E-state index < -0.39 is 0 Å². The van der Waals surface area contributed by atoms with Gasteiger partial charge in [0.2, 0.25) is 0 Å². The number of benzene rings is 7. The van der Waals surface area contributed by atoms with Crippen molar-refractivity contribution in [2.45, 2.75) is 0 Å². The van der Waals surface area contributed by atoms with Gasteiger partial charge in [0.1, 0.15) is 0 Å². The zero-order valence-corrected chi connectivity index (χ0v) is 18.7. The van der Waals surface area contributed by atoms with Crippen molar-refractivity contribution in [3.63, 3.8) is 0 Å². The Kier molecular flexibility index (Phi) is 4.25. The lowest BCUT2D eigenvalue weighted by molar-refractivity contribution is 1.66. The predicted octanol–water partition coefficient (Wildman–Crippen LogP) is 9.62. The molecule has 7 rings (SSSR count). The van der Waals surface area contributed by atoms with Gasteiger partial charge in [0.25, 0.3) is 0 Å². The molecule has 0 nitrogen and oxygen atoms in total. The first-order valence-corrected chi connectivity index (χ1v) is 11.8. The quantitative estimate of drug-likeness (QED) is 0.189. The molecule has 0 spiro atoms.